The number of benzene rings is 1. The molecule has 0 saturated heterocycles. The summed E-state index contributed by atoms with van der Waals surface area (Å²) < 4.78 is 4.81. The van der Waals surface area contributed by atoms with E-state index in [2.05, 4.69) is 9.97 Å². The lowest BCUT2D eigenvalue weighted by Crippen LogP contribution is -2.39. The molecule has 0 spiro atoms. The second-order valence-electron chi connectivity index (χ2n) is 4.42. The maximum atomic E-state index is 11.7. The third-order valence-electron chi connectivity index (χ3n) is 3.02. The molecular formula is C13H16N4O3. The van der Waals surface area contributed by atoms with Crippen molar-refractivity contribution < 1.29 is 9.53 Å². The van der Waals surface area contributed by atoms with Crippen molar-refractivity contribution in [3.05, 3.63) is 33.7 Å². The van der Waals surface area contributed by atoms with Gasteiger partial charge in [0.2, 0.25) is 0 Å². The fourth-order valence-electron chi connectivity index (χ4n) is 1.87. The van der Waals surface area contributed by atoms with Crippen molar-refractivity contribution in [3.63, 3.8) is 0 Å². The molecule has 3 N–H and O–H groups in total. The molecule has 0 saturated carbocycles. The monoisotopic (exact) mass is 276 g/mol. The third kappa shape index (κ3) is 2.48. The molecule has 7 heteroatoms. The summed E-state index contributed by atoms with van der Waals surface area (Å²) in [5.41, 5.74) is 2.02. The molecule has 0 radical (unpaired) electrons. The second kappa shape index (κ2) is 5.30. The van der Waals surface area contributed by atoms with Crippen molar-refractivity contribution in [1.29, 1.82) is 0 Å². The van der Waals surface area contributed by atoms with E-state index in [1.165, 1.54) is 0 Å². The van der Waals surface area contributed by atoms with Crippen LogP contribution in [0.2, 0.25) is 0 Å². The van der Waals surface area contributed by atoms with Gasteiger partial charge in [-0.15, -0.1) is 0 Å². The first-order chi connectivity index (χ1) is 9.43. The van der Waals surface area contributed by atoms with Gasteiger partial charge in [-0.1, -0.05) is 0 Å². The zero-order chi connectivity index (χ0) is 14.9. The van der Waals surface area contributed by atoms with Gasteiger partial charge in [-0.05, 0) is 44.0 Å². The Balaban J connectivity index is 2.66. The SMILES string of the molecule is CCOC(=O)N(N)c1nc(=O)[nH]c2cc(C)c(C)cc12. The van der Waals surface area contributed by atoms with E-state index in [4.69, 9.17) is 10.6 Å². The van der Waals surface area contributed by atoms with Gasteiger partial charge >= 0.3 is 11.8 Å². The van der Waals surface area contributed by atoms with Gasteiger partial charge in [0.25, 0.3) is 0 Å². The number of rotatable bonds is 2. The topological polar surface area (TPSA) is 101 Å². The van der Waals surface area contributed by atoms with E-state index in [1.807, 2.05) is 26.0 Å². The first-order valence-corrected chi connectivity index (χ1v) is 6.17. The molecule has 0 unspecified atom stereocenters. The van der Waals surface area contributed by atoms with Crippen molar-refractivity contribution >= 4 is 22.8 Å². The summed E-state index contributed by atoms with van der Waals surface area (Å²) in [7, 11) is 0. The number of H-pyrrole nitrogens is 1. The number of ether oxygens (including phenoxy) is 1. The average molecular weight is 276 g/mol. The van der Waals surface area contributed by atoms with Gasteiger partial charge in [0, 0.05) is 5.39 Å². The number of hydrogen-bond donors (Lipinski definition) is 2. The number of amides is 1. The number of anilines is 1. The molecule has 0 aliphatic heterocycles. The zero-order valence-corrected chi connectivity index (χ0v) is 11.6. The number of nitrogens with one attached hydrogen (secondary N) is 1. The molecule has 1 heterocycles. The molecule has 106 valence electrons. The van der Waals surface area contributed by atoms with E-state index in [-0.39, 0.29) is 12.4 Å². The van der Waals surface area contributed by atoms with E-state index in [0.29, 0.717) is 10.9 Å². The smallest absolute Gasteiger partial charge is 0.430 e. The van der Waals surface area contributed by atoms with Crippen LogP contribution in [0.15, 0.2) is 16.9 Å². The van der Waals surface area contributed by atoms with E-state index in [0.717, 1.165) is 16.1 Å². The highest BCUT2D eigenvalue weighted by molar-refractivity contribution is 5.97. The Hall–Kier alpha value is -2.41. The van der Waals surface area contributed by atoms with Crippen molar-refractivity contribution in [2.45, 2.75) is 20.8 Å². The molecule has 2 rings (SSSR count). The fraction of sp³-hybridized carbons (Fsp3) is 0.308. The van der Waals surface area contributed by atoms with Crippen LogP contribution in [0.25, 0.3) is 10.9 Å². The number of hydrogen-bond acceptors (Lipinski definition) is 5. The summed E-state index contributed by atoms with van der Waals surface area (Å²) in [6.07, 6.45) is -0.759. The van der Waals surface area contributed by atoms with Crippen LogP contribution in [0.1, 0.15) is 18.1 Å². The van der Waals surface area contributed by atoms with E-state index < -0.39 is 11.8 Å². The number of aryl methyl sites for hydroxylation is 2. The Labute approximate surface area is 115 Å². The fourth-order valence-corrected chi connectivity index (χ4v) is 1.87. The molecule has 7 nitrogen and oxygen atoms in total. The van der Waals surface area contributed by atoms with Crippen LogP contribution >= 0.6 is 0 Å². The number of aromatic amines is 1. The molecule has 1 aromatic heterocycles. The quantitative estimate of drug-likeness (QED) is 0.490. The van der Waals surface area contributed by atoms with Crippen molar-refractivity contribution in [2.75, 3.05) is 11.6 Å². The lowest BCUT2D eigenvalue weighted by atomic mass is 10.1. The summed E-state index contributed by atoms with van der Waals surface area (Å²) >= 11 is 0. The molecule has 1 aromatic carbocycles. The van der Waals surface area contributed by atoms with Gasteiger partial charge in [-0.3, -0.25) is 0 Å². The standard InChI is InChI=1S/C13H16N4O3/c1-4-20-13(19)17(14)11-9-5-7(2)8(3)6-10(9)15-12(18)16-11/h5-6H,4,14H2,1-3H3,(H,15,16,18). The van der Waals surface area contributed by atoms with Crippen LogP contribution in [0.4, 0.5) is 10.6 Å². The second-order valence-corrected chi connectivity index (χ2v) is 4.42. The molecule has 20 heavy (non-hydrogen) atoms. The maximum absolute atomic E-state index is 11.7. The van der Waals surface area contributed by atoms with Crippen LogP contribution in [0.3, 0.4) is 0 Å². The number of carbonyl (C=O) groups excluding carboxylic acids is 1. The van der Waals surface area contributed by atoms with Crippen molar-refractivity contribution in [1.82, 2.24) is 9.97 Å². The molecule has 0 atom stereocenters. The van der Waals surface area contributed by atoms with E-state index in [9.17, 15) is 9.59 Å². The highest BCUT2D eigenvalue weighted by atomic mass is 16.6. The molecule has 2 aromatic rings. The summed E-state index contributed by atoms with van der Waals surface area (Å²) in [6, 6.07) is 3.64. The Bertz CT molecular complexity index is 723. The third-order valence-corrected chi connectivity index (χ3v) is 3.02. The Morgan fingerprint density at radius 1 is 1.40 bits per heavy atom. The van der Waals surface area contributed by atoms with Crippen molar-refractivity contribution in [2.24, 2.45) is 5.84 Å². The van der Waals surface area contributed by atoms with Crippen LogP contribution in [-0.4, -0.2) is 22.7 Å². The lowest BCUT2D eigenvalue weighted by molar-refractivity contribution is 0.159. The molecule has 0 fully saturated rings. The number of aromatic nitrogens is 2. The minimum Gasteiger partial charge on any atom is -0.448 e. The number of nitrogens with two attached hydrogens (primary N) is 1. The Morgan fingerprint density at radius 2 is 2.05 bits per heavy atom. The van der Waals surface area contributed by atoms with Gasteiger partial charge in [0.05, 0.1) is 12.1 Å². The first-order valence-electron chi connectivity index (χ1n) is 6.17. The van der Waals surface area contributed by atoms with Crippen LogP contribution in [0.5, 0.6) is 0 Å². The van der Waals surface area contributed by atoms with Gasteiger partial charge in [0.1, 0.15) is 0 Å². The summed E-state index contributed by atoms with van der Waals surface area (Å²) in [6.45, 7) is 5.71. The summed E-state index contributed by atoms with van der Waals surface area (Å²) in [5.74, 6) is 5.77. The first kappa shape index (κ1) is 14.0. The number of fused-ring (bicyclic) bond motifs is 1. The van der Waals surface area contributed by atoms with Gasteiger partial charge in [0.15, 0.2) is 5.82 Å². The van der Waals surface area contributed by atoms with Crippen LogP contribution in [-0.2, 0) is 4.74 Å². The van der Waals surface area contributed by atoms with Gasteiger partial charge in [-0.25, -0.2) is 15.4 Å². The average Bonchev–Trinajstić information content (AvgIpc) is 2.39. The highest BCUT2D eigenvalue weighted by Gasteiger charge is 2.18. The number of carbonyl (C=O) groups is 1. The van der Waals surface area contributed by atoms with Crippen molar-refractivity contribution in [3.8, 4) is 0 Å². The molecule has 1 amide bonds. The predicted octanol–water partition coefficient (Wildman–Crippen LogP) is 1.38. The van der Waals surface area contributed by atoms with Crippen LogP contribution < -0.4 is 16.5 Å². The normalized spacial score (nSPS) is 10.6. The van der Waals surface area contributed by atoms with Gasteiger partial charge in [-0.2, -0.15) is 9.99 Å². The van der Waals surface area contributed by atoms with Gasteiger partial charge < -0.3 is 9.72 Å². The number of hydrazine groups is 1. The predicted molar refractivity (Wildman–Crippen MR) is 75.5 cm³/mol. The molecule has 0 bridgehead atoms. The Kier molecular flexibility index (Phi) is 3.71. The Morgan fingerprint density at radius 3 is 2.70 bits per heavy atom. The number of nitrogens with zero attached hydrogens (tertiary/aromatic N) is 2. The molecule has 0 aliphatic carbocycles. The molecular weight excluding hydrogens is 260 g/mol. The van der Waals surface area contributed by atoms with E-state index >= 15 is 0 Å². The van der Waals surface area contributed by atoms with Crippen LogP contribution in [0, 0.1) is 13.8 Å². The highest BCUT2D eigenvalue weighted by Crippen LogP contribution is 2.23. The maximum Gasteiger partial charge on any atom is 0.430 e. The zero-order valence-electron chi connectivity index (χ0n) is 11.6. The van der Waals surface area contributed by atoms with E-state index in [1.54, 1.807) is 6.92 Å². The minimum absolute atomic E-state index is 0.0744. The summed E-state index contributed by atoms with van der Waals surface area (Å²) in [5, 5.41) is 1.33. The largest absolute Gasteiger partial charge is 0.448 e. The summed E-state index contributed by atoms with van der Waals surface area (Å²) in [4.78, 5) is 29.6. The minimum atomic E-state index is -0.759. The molecule has 0 aliphatic rings. The lowest BCUT2D eigenvalue weighted by Gasteiger charge is -2.16.